The summed E-state index contributed by atoms with van der Waals surface area (Å²) in [5.41, 5.74) is 0.776. The van der Waals surface area contributed by atoms with Crippen LogP contribution in [0.15, 0.2) is 11.5 Å². The van der Waals surface area contributed by atoms with Gasteiger partial charge in [0.15, 0.2) is 0 Å². The van der Waals surface area contributed by atoms with Crippen molar-refractivity contribution in [3.63, 3.8) is 0 Å². The van der Waals surface area contributed by atoms with Crippen molar-refractivity contribution >= 4 is 29.2 Å². The summed E-state index contributed by atoms with van der Waals surface area (Å²) in [7, 11) is 0. The van der Waals surface area contributed by atoms with Crippen molar-refractivity contribution in [1.82, 2.24) is 15.2 Å². The summed E-state index contributed by atoms with van der Waals surface area (Å²) < 4.78 is 0. The highest BCUT2D eigenvalue weighted by molar-refractivity contribution is 7.09. The van der Waals surface area contributed by atoms with Crippen LogP contribution in [0.1, 0.15) is 37.4 Å². The third-order valence-corrected chi connectivity index (χ3v) is 3.54. The van der Waals surface area contributed by atoms with E-state index in [-0.39, 0.29) is 18.4 Å². The molecule has 1 aromatic rings. The minimum absolute atomic E-state index is 0.104. The van der Waals surface area contributed by atoms with E-state index in [1.165, 1.54) is 6.08 Å². The topological polar surface area (TPSA) is 62.3 Å². The quantitative estimate of drug-likeness (QED) is 0.749. The van der Waals surface area contributed by atoms with E-state index in [1.807, 2.05) is 26.2 Å². The van der Waals surface area contributed by atoms with E-state index in [2.05, 4.69) is 10.3 Å². The number of aromatic nitrogens is 1. The van der Waals surface area contributed by atoms with Gasteiger partial charge in [-0.15, -0.1) is 11.3 Å². The summed E-state index contributed by atoms with van der Waals surface area (Å²) in [6, 6.07) is 0. The SMILES string of the molecule is CCCNC(=O)CN(CCC)C(=O)/C=C/c1csc(C)n1. The second kappa shape index (κ2) is 9.28. The van der Waals surface area contributed by atoms with Crippen LogP contribution in [-0.4, -0.2) is 41.3 Å². The lowest BCUT2D eigenvalue weighted by Crippen LogP contribution is -2.40. The van der Waals surface area contributed by atoms with Crippen LogP contribution in [0.2, 0.25) is 0 Å². The molecule has 1 heterocycles. The smallest absolute Gasteiger partial charge is 0.247 e. The van der Waals surface area contributed by atoms with E-state index in [0.717, 1.165) is 23.5 Å². The number of thiazole rings is 1. The number of carbonyl (C=O) groups excluding carboxylic acids is 2. The maximum Gasteiger partial charge on any atom is 0.247 e. The number of nitrogens with one attached hydrogen (secondary N) is 1. The molecule has 0 spiro atoms. The van der Waals surface area contributed by atoms with Gasteiger partial charge in [0.25, 0.3) is 0 Å². The Kier molecular flexibility index (Phi) is 7.68. The first-order valence-electron chi connectivity index (χ1n) is 7.22. The summed E-state index contributed by atoms with van der Waals surface area (Å²) in [6.45, 7) is 7.21. The Morgan fingerprint density at radius 1 is 1.38 bits per heavy atom. The molecule has 5 nitrogen and oxygen atoms in total. The van der Waals surface area contributed by atoms with E-state index >= 15 is 0 Å². The van der Waals surface area contributed by atoms with Crippen LogP contribution in [0.25, 0.3) is 6.08 Å². The van der Waals surface area contributed by atoms with Crippen molar-refractivity contribution in [2.45, 2.75) is 33.6 Å². The highest BCUT2D eigenvalue weighted by atomic mass is 32.1. The predicted molar refractivity (Wildman–Crippen MR) is 86.1 cm³/mol. The van der Waals surface area contributed by atoms with Gasteiger partial charge in [-0.2, -0.15) is 0 Å². The Labute approximate surface area is 130 Å². The molecule has 21 heavy (non-hydrogen) atoms. The summed E-state index contributed by atoms with van der Waals surface area (Å²) >= 11 is 1.54. The zero-order valence-corrected chi connectivity index (χ0v) is 13.7. The van der Waals surface area contributed by atoms with E-state index in [0.29, 0.717) is 13.1 Å². The molecule has 0 fully saturated rings. The maximum atomic E-state index is 12.2. The number of nitrogens with zero attached hydrogens (tertiary/aromatic N) is 2. The Balaban J connectivity index is 2.59. The highest BCUT2D eigenvalue weighted by Crippen LogP contribution is 2.09. The standard InChI is InChI=1S/C15H23N3O2S/c1-4-8-16-14(19)10-18(9-5-2)15(20)7-6-13-11-21-12(3)17-13/h6-7,11H,4-5,8-10H2,1-3H3,(H,16,19)/b7-6+. The van der Waals surface area contributed by atoms with Crippen LogP contribution in [-0.2, 0) is 9.59 Å². The molecule has 0 saturated carbocycles. The van der Waals surface area contributed by atoms with Gasteiger partial charge in [-0.05, 0) is 25.8 Å². The Bertz CT molecular complexity index is 497. The zero-order valence-electron chi connectivity index (χ0n) is 12.9. The van der Waals surface area contributed by atoms with Crippen LogP contribution in [0.4, 0.5) is 0 Å². The first-order chi connectivity index (χ1) is 10.1. The molecule has 2 amide bonds. The number of amides is 2. The van der Waals surface area contributed by atoms with Gasteiger partial charge in [-0.25, -0.2) is 4.98 Å². The average molecular weight is 309 g/mol. The largest absolute Gasteiger partial charge is 0.355 e. The lowest BCUT2D eigenvalue weighted by atomic mass is 10.3. The molecule has 0 bridgehead atoms. The summed E-state index contributed by atoms with van der Waals surface area (Å²) in [5, 5.41) is 5.65. The fourth-order valence-electron chi connectivity index (χ4n) is 1.75. The van der Waals surface area contributed by atoms with Crippen LogP contribution < -0.4 is 5.32 Å². The minimum Gasteiger partial charge on any atom is -0.355 e. The Morgan fingerprint density at radius 2 is 2.14 bits per heavy atom. The molecule has 0 saturated heterocycles. The molecule has 0 aromatic carbocycles. The fraction of sp³-hybridized carbons (Fsp3) is 0.533. The molecule has 6 heteroatoms. The molecule has 0 aliphatic heterocycles. The van der Waals surface area contributed by atoms with E-state index in [4.69, 9.17) is 0 Å². The van der Waals surface area contributed by atoms with Gasteiger partial charge in [0.1, 0.15) is 0 Å². The first-order valence-corrected chi connectivity index (χ1v) is 8.10. The van der Waals surface area contributed by atoms with Crippen LogP contribution >= 0.6 is 11.3 Å². The number of aryl methyl sites for hydroxylation is 1. The van der Waals surface area contributed by atoms with Gasteiger partial charge in [0, 0.05) is 24.5 Å². The van der Waals surface area contributed by atoms with Crippen LogP contribution in [0.3, 0.4) is 0 Å². The van der Waals surface area contributed by atoms with Crippen molar-refractivity contribution < 1.29 is 9.59 Å². The second-order valence-corrected chi connectivity index (χ2v) is 5.80. The van der Waals surface area contributed by atoms with Gasteiger partial charge in [0.2, 0.25) is 11.8 Å². The fourth-order valence-corrected chi connectivity index (χ4v) is 2.33. The zero-order chi connectivity index (χ0) is 15.7. The number of hydrogen-bond acceptors (Lipinski definition) is 4. The molecule has 0 aliphatic carbocycles. The van der Waals surface area contributed by atoms with Crippen molar-refractivity contribution in [2.24, 2.45) is 0 Å². The summed E-state index contributed by atoms with van der Waals surface area (Å²) in [5.74, 6) is -0.272. The molecule has 0 aliphatic rings. The van der Waals surface area contributed by atoms with Crippen molar-refractivity contribution in [3.05, 3.63) is 22.2 Å². The third-order valence-electron chi connectivity index (χ3n) is 2.75. The molecule has 1 aromatic heterocycles. The van der Waals surface area contributed by atoms with E-state index < -0.39 is 0 Å². The number of rotatable bonds is 8. The maximum absolute atomic E-state index is 12.2. The lowest BCUT2D eigenvalue weighted by molar-refractivity contribution is -0.132. The normalized spacial score (nSPS) is 10.8. The monoisotopic (exact) mass is 309 g/mol. The summed E-state index contributed by atoms with van der Waals surface area (Å²) in [6.07, 6.45) is 4.88. The van der Waals surface area contributed by atoms with Gasteiger partial charge in [-0.3, -0.25) is 9.59 Å². The van der Waals surface area contributed by atoms with E-state index in [1.54, 1.807) is 22.3 Å². The predicted octanol–water partition coefficient (Wildman–Crippen LogP) is 2.23. The van der Waals surface area contributed by atoms with Crippen LogP contribution in [0.5, 0.6) is 0 Å². The van der Waals surface area contributed by atoms with E-state index in [9.17, 15) is 9.59 Å². The minimum atomic E-state index is -0.158. The lowest BCUT2D eigenvalue weighted by Gasteiger charge is -2.19. The summed E-state index contributed by atoms with van der Waals surface area (Å²) in [4.78, 5) is 29.7. The highest BCUT2D eigenvalue weighted by Gasteiger charge is 2.13. The number of carbonyl (C=O) groups is 2. The van der Waals surface area contributed by atoms with Gasteiger partial charge in [-0.1, -0.05) is 13.8 Å². The average Bonchev–Trinajstić information content (AvgIpc) is 2.87. The van der Waals surface area contributed by atoms with Crippen molar-refractivity contribution in [1.29, 1.82) is 0 Å². The molecule has 116 valence electrons. The third kappa shape index (κ3) is 6.53. The first kappa shape index (κ1) is 17.4. The molecule has 1 rings (SSSR count). The molecule has 0 atom stereocenters. The van der Waals surface area contributed by atoms with Gasteiger partial charge >= 0.3 is 0 Å². The van der Waals surface area contributed by atoms with Crippen molar-refractivity contribution in [2.75, 3.05) is 19.6 Å². The molecular weight excluding hydrogens is 286 g/mol. The van der Waals surface area contributed by atoms with Gasteiger partial charge < -0.3 is 10.2 Å². The van der Waals surface area contributed by atoms with Crippen LogP contribution in [0, 0.1) is 6.92 Å². The Morgan fingerprint density at radius 3 is 2.71 bits per heavy atom. The molecule has 0 unspecified atom stereocenters. The van der Waals surface area contributed by atoms with Gasteiger partial charge in [0.05, 0.1) is 17.2 Å². The van der Waals surface area contributed by atoms with Crippen molar-refractivity contribution in [3.8, 4) is 0 Å². The second-order valence-electron chi connectivity index (χ2n) is 4.73. The molecule has 0 radical (unpaired) electrons. The number of hydrogen-bond donors (Lipinski definition) is 1. The molecule has 1 N–H and O–H groups in total. The Hall–Kier alpha value is -1.69. The molecular formula is C15H23N3O2S.